The molecule has 7 heteroatoms. The van der Waals surface area contributed by atoms with E-state index in [2.05, 4.69) is 15.0 Å². The van der Waals surface area contributed by atoms with E-state index >= 15 is 0 Å². The summed E-state index contributed by atoms with van der Waals surface area (Å²) in [4.78, 5) is 16.9. The van der Waals surface area contributed by atoms with Crippen molar-refractivity contribution in [1.82, 2.24) is 10.3 Å². The Kier molecular flexibility index (Phi) is 5.98. The molecule has 150 valence electrons. The normalized spacial score (nSPS) is 11.1. The fourth-order valence-electron chi connectivity index (χ4n) is 2.83. The molecule has 1 amide bonds. The second kappa shape index (κ2) is 8.45. The van der Waals surface area contributed by atoms with Gasteiger partial charge >= 0.3 is 0 Å². The zero-order valence-corrected chi connectivity index (χ0v) is 17.4. The summed E-state index contributed by atoms with van der Waals surface area (Å²) in [7, 11) is -3.83. The highest BCUT2D eigenvalue weighted by Crippen LogP contribution is 2.21. The molecular formula is C22H23N3O3S. The largest absolute Gasteiger partial charge is 0.346 e. The van der Waals surface area contributed by atoms with Crippen molar-refractivity contribution in [2.75, 3.05) is 4.72 Å². The summed E-state index contributed by atoms with van der Waals surface area (Å²) >= 11 is 0. The molecule has 29 heavy (non-hydrogen) atoms. The number of rotatable bonds is 6. The SMILES string of the molecule is Cc1ccc(NS(=O)(=O)c2cc(C(=O)NCc3ncccc3C)ccc2C)cc1. The van der Waals surface area contributed by atoms with Gasteiger partial charge in [-0.15, -0.1) is 0 Å². The molecule has 0 aliphatic heterocycles. The molecule has 0 saturated carbocycles. The van der Waals surface area contributed by atoms with Crippen LogP contribution in [0, 0.1) is 20.8 Å². The van der Waals surface area contributed by atoms with E-state index in [4.69, 9.17) is 0 Å². The number of hydrogen-bond acceptors (Lipinski definition) is 4. The molecule has 0 aliphatic rings. The molecule has 1 heterocycles. The highest BCUT2D eigenvalue weighted by molar-refractivity contribution is 7.92. The van der Waals surface area contributed by atoms with Gasteiger partial charge in [-0.25, -0.2) is 8.42 Å². The zero-order chi connectivity index (χ0) is 21.0. The van der Waals surface area contributed by atoms with E-state index in [1.54, 1.807) is 37.4 Å². The second-order valence-electron chi connectivity index (χ2n) is 6.90. The van der Waals surface area contributed by atoms with E-state index in [9.17, 15) is 13.2 Å². The number of nitrogens with zero attached hydrogens (tertiary/aromatic N) is 1. The molecule has 0 unspecified atom stereocenters. The maximum Gasteiger partial charge on any atom is 0.262 e. The average Bonchev–Trinajstić information content (AvgIpc) is 2.69. The minimum absolute atomic E-state index is 0.0692. The minimum atomic E-state index is -3.83. The fourth-order valence-corrected chi connectivity index (χ4v) is 4.16. The molecule has 2 aromatic carbocycles. The van der Waals surface area contributed by atoms with Crippen molar-refractivity contribution >= 4 is 21.6 Å². The first kappa shape index (κ1) is 20.5. The predicted molar refractivity (Wildman–Crippen MR) is 113 cm³/mol. The van der Waals surface area contributed by atoms with Crippen LogP contribution in [0.1, 0.15) is 32.7 Å². The molecule has 6 nitrogen and oxygen atoms in total. The number of pyridine rings is 1. The third-order valence-corrected chi connectivity index (χ3v) is 6.10. The molecule has 2 N–H and O–H groups in total. The van der Waals surface area contributed by atoms with Crippen LogP contribution in [0.25, 0.3) is 0 Å². The molecule has 0 atom stereocenters. The number of sulfonamides is 1. The van der Waals surface area contributed by atoms with Crippen LogP contribution < -0.4 is 10.0 Å². The van der Waals surface area contributed by atoms with E-state index in [0.717, 1.165) is 16.8 Å². The number of hydrogen-bond donors (Lipinski definition) is 2. The smallest absolute Gasteiger partial charge is 0.262 e. The molecule has 0 saturated heterocycles. The van der Waals surface area contributed by atoms with E-state index in [1.807, 2.05) is 38.1 Å². The van der Waals surface area contributed by atoms with Gasteiger partial charge in [-0.1, -0.05) is 29.8 Å². The van der Waals surface area contributed by atoms with Gasteiger partial charge in [-0.3, -0.25) is 14.5 Å². The number of carbonyl (C=O) groups is 1. The molecule has 0 fully saturated rings. The van der Waals surface area contributed by atoms with Crippen LogP contribution >= 0.6 is 0 Å². The van der Waals surface area contributed by atoms with Gasteiger partial charge in [-0.2, -0.15) is 0 Å². The van der Waals surface area contributed by atoms with Gasteiger partial charge in [0, 0.05) is 17.4 Å². The van der Waals surface area contributed by atoms with Crippen LogP contribution in [0.3, 0.4) is 0 Å². The van der Waals surface area contributed by atoms with Gasteiger partial charge in [-0.05, 0) is 62.2 Å². The quantitative estimate of drug-likeness (QED) is 0.649. The fraction of sp³-hybridized carbons (Fsp3) is 0.182. The lowest BCUT2D eigenvalue weighted by molar-refractivity contribution is 0.0950. The minimum Gasteiger partial charge on any atom is -0.346 e. The Morgan fingerprint density at radius 1 is 0.966 bits per heavy atom. The summed E-state index contributed by atoms with van der Waals surface area (Å²) in [5, 5.41) is 2.79. The van der Waals surface area contributed by atoms with Gasteiger partial charge in [0.2, 0.25) is 0 Å². The number of amides is 1. The van der Waals surface area contributed by atoms with E-state index in [1.165, 1.54) is 6.07 Å². The second-order valence-corrected chi connectivity index (χ2v) is 8.55. The summed E-state index contributed by atoms with van der Waals surface area (Å²) in [5.41, 5.74) is 4.07. The number of benzene rings is 2. The van der Waals surface area contributed by atoms with Crippen LogP contribution in [-0.2, 0) is 16.6 Å². The Labute approximate surface area is 171 Å². The first-order valence-corrected chi connectivity index (χ1v) is 10.6. The number of carbonyl (C=O) groups excluding carboxylic acids is 1. The highest BCUT2D eigenvalue weighted by Gasteiger charge is 2.19. The Bertz CT molecular complexity index is 1140. The Morgan fingerprint density at radius 3 is 2.38 bits per heavy atom. The Morgan fingerprint density at radius 2 is 1.69 bits per heavy atom. The molecule has 3 rings (SSSR count). The Hall–Kier alpha value is -3.19. The van der Waals surface area contributed by atoms with Crippen molar-refractivity contribution in [2.24, 2.45) is 0 Å². The highest BCUT2D eigenvalue weighted by atomic mass is 32.2. The average molecular weight is 410 g/mol. The summed E-state index contributed by atoms with van der Waals surface area (Å²) in [6.07, 6.45) is 1.67. The number of aromatic nitrogens is 1. The van der Waals surface area contributed by atoms with Crippen molar-refractivity contribution in [1.29, 1.82) is 0 Å². The molecule has 0 bridgehead atoms. The summed E-state index contributed by atoms with van der Waals surface area (Å²) in [5.74, 6) is -0.359. The maximum absolute atomic E-state index is 12.9. The lowest BCUT2D eigenvalue weighted by atomic mass is 10.1. The molecule has 0 aliphatic carbocycles. The first-order chi connectivity index (χ1) is 13.8. The van der Waals surface area contributed by atoms with Crippen molar-refractivity contribution < 1.29 is 13.2 Å². The van der Waals surface area contributed by atoms with Crippen molar-refractivity contribution in [3.05, 3.63) is 88.7 Å². The van der Waals surface area contributed by atoms with Crippen molar-refractivity contribution in [3.63, 3.8) is 0 Å². The van der Waals surface area contributed by atoms with Crippen molar-refractivity contribution in [3.8, 4) is 0 Å². The first-order valence-electron chi connectivity index (χ1n) is 9.15. The predicted octanol–water partition coefficient (Wildman–Crippen LogP) is 3.74. The maximum atomic E-state index is 12.9. The summed E-state index contributed by atoms with van der Waals surface area (Å²) < 4.78 is 28.3. The number of anilines is 1. The molecule has 3 aromatic rings. The lowest BCUT2D eigenvalue weighted by Gasteiger charge is -2.13. The monoisotopic (exact) mass is 409 g/mol. The lowest BCUT2D eigenvalue weighted by Crippen LogP contribution is -2.24. The summed E-state index contributed by atoms with van der Waals surface area (Å²) in [6, 6.07) is 15.4. The summed E-state index contributed by atoms with van der Waals surface area (Å²) in [6.45, 7) is 5.81. The van der Waals surface area contributed by atoms with Crippen LogP contribution in [0.2, 0.25) is 0 Å². The molecule has 0 spiro atoms. The van der Waals surface area contributed by atoms with Crippen LogP contribution in [0.15, 0.2) is 65.7 Å². The van der Waals surface area contributed by atoms with Crippen molar-refractivity contribution in [2.45, 2.75) is 32.2 Å². The van der Waals surface area contributed by atoms with Gasteiger partial charge in [0.05, 0.1) is 17.1 Å². The molecular weight excluding hydrogens is 386 g/mol. The van der Waals surface area contributed by atoms with E-state index < -0.39 is 10.0 Å². The van der Waals surface area contributed by atoms with Gasteiger partial charge in [0.1, 0.15) is 0 Å². The number of nitrogens with one attached hydrogen (secondary N) is 2. The van der Waals surface area contributed by atoms with Crippen LogP contribution in [0.5, 0.6) is 0 Å². The zero-order valence-electron chi connectivity index (χ0n) is 16.6. The van der Waals surface area contributed by atoms with E-state index in [-0.39, 0.29) is 22.9 Å². The van der Waals surface area contributed by atoms with Crippen LogP contribution in [0.4, 0.5) is 5.69 Å². The number of aryl methyl sites for hydroxylation is 3. The Balaban J connectivity index is 1.80. The van der Waals surface area contributed by atoms with Crippen LogP contribution in [-0.4, -0.2) is 19.3 Å². The molecule has 1 aromatic heterocycles. The third kappa shape index (κ3) is 5.00. The van der Waals surface area contributed by atoms with Gasteiger partial charge < -0.3 is 5.32 Å². The van der Waals surface area contributed by atoms with Gasteiger partial charge in [0.25, 0.3) is 15.9 Å². The van der Waals surface area contributed by atoms with Gasteiger partial charge in [0.15, 0.2) is 0 Å². The third-order valence-electron chi connectivity index (χ3n) is 4.58. The van der Waals surface area contributed by atoms with E-state index in [0.29, 0.717) is 11.3 Å². The topological polar surface area (TPSA) is 88.2 Å². The standard InChI is InChI=1S/C22H23N3O3S/c1-15-6-10-19(11-7-15)25-29(27,28)21-13-18(9-8-17(21)3)22(26)24-14-20-16(2)5-4-12-23-20/h4-13,25H,14H2,1-3H3,(H,24,26). The molecule has 0 radical (unpaired) electrons.